The third-order valence-electron chi connectivity index (χ3n) is 2.93. The van der Waals surface area contributed by atoms with E-state index in [9.17, 15) is 39.5 Å². The van der Waals surface area contributed by atoms with E-state index in [1.807, 2.05) is 0 Å². The van der Waals surface area contributed by atoms with Crippen molar-refractivity contribution in [1.82, 2.24) is 4.57 Å². The zero-order valence-corrected chi connectivity index (χ0v) is 10.7. The van der Waals surface area contributed by atoms with Crippen LogP contribution in [0.5, 0.6) is 0 Å². The second-order valence-corrected chi connectivity index (χ2v) is 4.19. The van der Waals surface area contributed by atoms with Crippen LogP contribution in [0.25, 0.3) is 0 Å². The molecule has 21 heavy (non-hydrogen) atoms. The summed E-state index contributed by atoms with van der Waals surface area (Å²) in [6.07, 6.45) is -5.63. The maximum absolute atomic E-state index is 13.6. The summed E-state index contributed by atoms with van der Waals surface area (Å²) >= 11 is 0. The van der Waals surface area contributed by atoms with Crippen molar-refractivity contribution in [3.05, 3.63) is 18.2 Å². The molecule has 0 aliphatic heterocycles. The van der Waals surface area contributed by atoms with E-state index in [1.54, 1.807) is 0 Å². The van der Waals surface area contributed by atoms with Gasteiger partial charge in [0.05, 0.1) is 6.54 Å². The summed E-state index contributed by atoms with van der Waals surface area (Å²) in [5.74, 6) is -14.1. The molecule has 1 heterocycles. The van der Waals surface area contributed by atoms with Crippen LogP contribution in [0, 0.1) is 6.92 Å². The van der Waals surface area contributed by atoms with Gasteiger partial charge in [-0.05, 0) is 6.92 Å². The predicted molar refractivity (Wildman–Crippen MR) is 51.2 cm³/mol. The SMILES string of the molecule is CC[n+]1ccn(C(F)(F)C(F)(F)C(F)(F)C(F)(F)F)c1C. The molecule has 0 bridgehead atoms. The van der Waals surface area contributed by atoms with Gasteiger partial charge in [0.15, 0.2) is 0 Å². The Morgan fingerprint density at radius 1 is 0.952 bits per heavy atom. The Morgan fingerprint density at radius 2 is 1.43 bits per heavy atom. The summed E-state index contributed by atoms with van der Waals surface area (Å²) in [4.78, 5) is 0. The van der Waals surface area contributed by atoms with Crippen molar-refractivity contribution in [2.24, 2.45) is 0 Å². The molecule has 1 rings (SSSR count). The average Bonchev–Trinajstić information content (AvgIpc) is 2.68. The number of rotatable bonds is 4. The largest absolute Gasteiger partial charge is 0.469 e. The van der Waals surface area contributed by atoms with E-state index in [0.717, 1.165) is 17.7 Å². The molecule has 11 heteroatoms. The minimum Gasteiger partial charge on any atom is -0.235 e. The van der Waals surface area contributed by atoms with E-state index in [4.69, 9.17) is 0 Å². The highest BCUT2D eigenvalue weighted by Crippen LogP contribution is 2.54. The summed E-state index contributed by atoms with van der Waals surface area (Å²) in [5.41, 5.74) is 0. The van der Waals surface area contributed by atoms with Gasteiger partial charge >= 0.3 is 24.1 Å². The first-order chi connectivity index (χ1) is 9.21. The summed E-state index contributed by atoms with van der Waals surface area (Å²) in [6, 6.07) is -5.77. The van der Waals surface area contributed by atoms with Crippen LogP contribution in [-0.4, -0.2) is 22.6 Å². The molecule has 0 atom stereocenters. The number of hydrogen-bond donors (Lipinski definition) is 0. The van der Waals surface area contributed by atoms with E-state index in [2.05, 4.69) is 0 Å². The molecule has 0 unspecified atom stereocenters. The smallest absolute Gasteiger partial charge is 0.235 e. The number of hydrogen-bond acceptors (Lipinski definition) is 0. The number of aromatic nitrogens is 2. The van der Waals surface area contributed by atoms with Crippen LogP contribution < -0.4 is 4.57 Å². The average molecular weight is 329 g/mol. The third kappa shape index (κ3) is 2.35. The van der Waals surface area contributed by atoms with Crippen LogP contribution in [0.15, 0.2) is 12.4 Å². The second kappa shape index (κ2) is 4.80. The molecule has 2 nitrogen and oxygen atoms in total. The zero-order valence-electron chi connectivity index (χ0n) is 10.7. The fraction of sp³-hybridized carbons (Fsp3) is 0.700. The summed E-state index contributed by atoms with van der Waals surface area (Å²) in [7, 11) is 0. The second-order valence-electron chi connectivity index (χ2n) is 4.19. The van der Waals surface area contributed by atoms with Crippen molar-refractivity contribution in [2.45, 2.75) is 44.5 Å². The van der Waals surface area contributed by atoms with E-state index >= 15 is 0 Å². The van der Waals surface area contributed by atoms with Crippen LogP contribution in [-0.2, 0) is 12.6 Å². The van der Waals surface area contributed by atoms with E-state index in [1.165, 1.54) is 6.92 Å². The van der Waals surface area contributed by atoms with Crippen molar-refractivity contribution in [2.75, 3.05) is 0 Å². The molecule has 1 aromatic rings. The molecule has 1 aromatic heterocycles. The molecule has 0 amide bonds. The Bertz CT molecular complexity index is 515. The van der Waals surface area contributed by atoms with Crippen molar-refractivity contribution in [3.8, 4) is 0 Å². The van der Waals surface area contributed by atoms with Crippen LogP contribution in [0.1, 0.15) is 12.7 Å². The minimum absolute atomic E-state index is 0.0378. The lowest BCUT2D eigenvalue weighted by molar-refractivity contribution is -0.700. The van der Waals surface area contributed by atoms with Crippen molar-refractivity contribution >= 4 is 0 Å². The number of imidazole rings is 1. The topological polar surface area (TPSA) is 8.81 Å². The van der Waals surface area contributed by atoms with Gasteiger partial charge in [-0.15, -0.1) is 0 Å². The van der Waals surface area contributed by atoms with E-state index in [-0.39, 0.29) is 6.54 Å². The van der Waals surface area contributed by atoms with Gasteiger partial charge in [0.25, 0.3) is 5.82 Å². The quantitative estimate of drug-likeness (QED) is 0.591. The van der Waals surface area contributed by atoms with E-state index in [0.29, 0.717) is 6.20 Å². The predicted octanol–water partition coefficient (Wildman–Crippen LogP) is 3.49. The summed E-state index contributed by atoms with van der Waals surface area (Å²) < 4.78 is 115. The van der Waals surface area contributed by atoms with Gasteiger partial charge in [-0.25, -0.2) is 4.57 Å². The van der Waals surface area contributed by atoms with E-state index < -0.39 is 34.5 Å². The molecule has 0 N–H and O–H groups in total. The molecule has 0 saturated heterocycles. The fourth-order valence-electron chi connectivity index (χ4n) is 1.65. The monoisotopic (exact) mass is 329 g/mol. The molecular formula is C10H10F9N2+. The highest BCUT2D eigenvalue weighted by Gasteiger charge is 2.84. The molecule has 0 radical (unpaired) electrons. The molecular weight excluding hydrogens is 319 g/mol. The minimum atomic E-state index is -6.89. The van der Waals surface area contributed by atoms with Crippen LogP contribution >= 0.6 is 0 Å². The number of halogens is 9. The van der Waals surface area contributed by atoms with Gasteiger partial charge < -0.3 is 0 Å². The van der Waals surface area contributed by atoms with Gasteiger partial charge in [0.2, 0.25) is 0 Å². The summed E-state index contributed by atoms with van der Waals surface area (Å²) in [6.45, 7) is 2.37. The van der Waals surface area contributed by atoms with Crippen molar-refractivity contribution in [3.63, 3.8) is 0 Å². The van der Waals surface area contributed by atoms with Gasteiger partial charge in [-0.2, -0.15) is 44.1 Å². The highest BCUT2D eigenvalue weighted by atomic mass is 19.4. The van der Waals surface area contributed by atoms with Gasteiger partial charge in [-0.3, -0.25) is 0 Å². The molecule has 122 valence electrons. The maximum Gasteiger partial charge on any atom is 0.469 e. The van der Waals surface area contributed by atoms with Crippen LogP contribution in [0.4, 0.5) is 39.5 Å². The number of aryl methyl sites for hydroxylation is 1. The molecule has 0 fully saturated rings. The van der Waals surface area contributed by atoms with Crippen LogP contribution in [0.3, 0.4) is 0 Å². The normalized spacial score (nSPS) is 14.6. The Kier molecular flexibility index (Phi) is 4.03. The standard InChI is InChI=1S/C10H10F9N2/c1-3-20-4-5-21(6(20)2)10(18,19)8(13,14)7(11,12)9(15,16)17/h4-5H,3H2,1-2H3/q+1. The lowest BCUT2D eigenvalue weighted by Gasteiger charge is -2.31. The Hall–Kier alpha value is -1.42. The third-order valence-corrected chi connectivity index (χ3v) is 2.93. The van der Waals surface area contributed by atoms with Crippen molar-refractivity contribution in [1.29, 1.82) is 0 Å². The molecule has 0 aliphatic carbocycles. The first-order valence-electron chi connectivity index (χ1n) is 5.49. The number of alkyl halides is 9. The summed E-state index contributed by atoms with van der Waals surface area (Å²) in [5, 5.41) is 0. The fourth-order valence-corrected chi connectivity index (χ4v) is 1.65. The Labute approximate surface area is 112 Å². The zero-order chi connectivity index (χ0) is 16.9. The Morgan fingerprint density at radius 3 is 1.76 bits per heavy atom. The van der Waals surface area contributed by atoms with Gasteiger partial charge in [0, 0.05) is 6.92 Å². The lowest BCUT2D eigenvalue weighted by Crippen LogP contribution is -2.61. The lowest BCUT2D eigenvalue weighted by atomic mass is 10.1. The molecule has 0 spiro atoms. The molecule has 0 aromatic carbocycles. The van der Waals surface area contributed by atoms with Gasteiger partial charge in [-0.1, -0.05) is 0 Å². The van der Waals surface area contributed by atoms with Gasteiger partial charge in [0.1, 0.15) is 12.4 Å². The highest BCUT2D eigenvalue weighted by molar-refractivity contribution is 5.01. The first-order valence-corrected chi connectivity index (χ1v) is 5.49. The number of nitrogens with zero attached hydrogens (tertiary/aromatic N) is 2. The molecule has 0 aliphatic rings. The first kappa shape index (κ1) is 17.6. The molecule has 0 saturated carbocycles. The van der Waals surface area contributed by atoms with Crippen molar-refractivity contribution < 1.29 is 44.1 Å². The maximum atomic E-state index is 13.6. The van der Waals surface area contributed by atoms with Crippen LogP contribution in [0.2, 0.25) is 0 Å². The Balaban J connectivity index is 3.43.